The number of carbonyl (C=O) groups is 1. The number of pyridine rings is 1. The van der Waals surface area contributed by atoms with Crippen LogP contribution < -0.4 is 4.90 Å². The van der Waals surface area contributed by atoms with E-state index in [9.17, 15) is 4.79 Å². The van der Waals surface area contributed by atoms with Crippen LogP contribution in [0.4, 0.5) is 5.82 Å². The summed E-state index contributed by atoms with van der Waals surface area (Å²) in [5, 5.41) is 0.779. The molecule has 0 bridgehead atoms. The first-order valence-corrected chi connectivity index (χ1v) is 6.74. The molecule has 0 radical (unpaired) electrons. The molecule has 4 heteroatoms. The van der Waals surface area contributed by atoms with Crippen molar-refractivity contribution >= 4 is 22.7 Å². The van der Waals surface area contributed by atoms with Crippen LogP contribution in [0.25, 0.3) is 10.9 Å². The SMILES string of the molecule is C#CCC(C)OC(=O)c1cc(N(C)C)nc2ccccc12. The average Bonchev–Trinajstić information content (AvgIpc) is 2.46. The summed E-state index contributed by atoms with van der Waals surface area (Å²) >= 11 is 0. The molecule has 1 atom stereocenters. The number of nitrogens with zero attached hydrogens (tertiary/aromatic N) is 2. The van der Waals surface area contributed by atoms with Crippen molar-refractivity contribution in [1.29, 1.82) is 0 Å². The predicted molar refractivity (Wildman–Crippen MR) is 84.4 cm³/mol. The lowest BCUT2D eigenvalue weighted by molar-refractivity contribution is 0.0354. The summed E-state index contributed by atoms with van der Waals surface area (Å²) in [5.41, 5.74) is 1.27. The smallest absolute Gasteiger partial charge is 0.339 e. The van der Waals surface area contributed by atoms with E-state index in [0.29, 0.717) is 17.8 Å². The fourth-order valence-corrected chi connectivity index (χ4v) is 2.01. The Hall–Kier alpha value is -2.54. The molecule has 1 heterocycles. The van der Waals surface area contributed by atoms with E-state index in [0.717, 1.165) is 10.9 Å². The number of benzene rings is 1. The maximum absolute atomic E-state index is 12.4. The third-order valence-electron chi connectivity index (χ3n) is 3.09. The van der Waals surface area contributed by atoms with Gasteiger partial charge in [-0.05, 0) is 19.1 Å². The number of aromatic nitrogens is 1. The molecule has 1 aromatic heterocycles. The molecule has 108 valence electrons. The topological polar surface area (TPSA) is 42.4 Å². The van der Waals surface area contributed by atoms with Gasteiger partial charge in [0.05, 0.1) is 11.1 Å². The normalized spacial score (nSPS) is 11.7. The van der Waals surface area contributed by atoms with E-state index in [4.69, 9.17) is 11.2 Å². The van der Waals surface area contributed by atoms with E-state index in [1.807, 2.05) is 43.3 Å². The Morgan fingerprint density at radius 3 is 2.81 bits per heavy atom. The van der Waals surface area contributed by atoms with Crippen LogP contribution in [0.1, 0.15) is 23.7 Å². The van der Waals surface area contributed by atoms with Gasteiger partial charge in [0.2, 0.25) is 0 Å². The van der Waals surface area contributed by atoms with Gasteiger partial charge >= 0.3 is 5.97 Å². The van der Waals surface area contributed by atoms with Gasteiger partial charge in [0.15, 0.2) is 0 Å². The second kappa shape index (κ2) is 6.27. The average molecular weight is 282 g/mol. The molecule has 0 aliphatic heterocycles. The quantitative estimate of drug-likeness (QED) is 0.639. The van der Waals surface area contributed by atoms with E-state index in [-0.39, 0.29) is 12.1 Å². The van der Waals surface area contributed by atoms with Crippen molar-refractivity contribution in [2.45, 2.75) is 19.4 Å². The molecular weight excluding hydrogens is 264 g/mol. The van der Waals surface area contributed by atoms with Crippen LogP contribution in [0.15, 0.2) is 30.3 Å². The first-order chi connectivity index (χ1) is 10.0. The van der Waals surface area contributed by atoms with Crippen molar-refractivity contribution in [3.63, 3.8) is 0 Å². The van der Waals surface area contributed by atoms with Crippen molar-refractivity contribution in [3.05, 3.63) is 35.9 Å². The molecule has 0 saturated carbocycles. The number of fused-ring (bicyclic) bond motifs is 1. The molecule has 1 aromatic carbocycles. The summed E-state index contributed by atoms with van der Waals surface area (Å²) in [7, 11) is 3.76. The molecule has 0 N–H and O–H groups in total. The number of terminal acetylenes is 1. The van der Waals surface area contributed by atoms with Crippen molar-refractivity contribution in [2.24, 2.45) is 0 Å². The Balaban J connectivity index is 2.46. The van der Waals surface area contributed by atoms with Crippen molar-refractivity contribution in [3.8, 4) is 12.3 Å². The highest BCUT2D eigenvalue weighted by atomic mass is 16.5. The van der Waals surface area contributed by atoms with Crippen LogP contribution in [0.5, 0.6) is 0 Å². The molecule has 0 saturated heterocycles. The Kier molecular flexibility index (Phi) is 4.44. The second-order valence-corrected chi connectivity index (χ2v) is 5.06. The summed E-state index contributed by atoms with van der Waals surface area (Å²) in [5.74, 6) is 2.83. The summed E-state index contributed by atoms with van der Waals surface area (Å²) in [6.45, 7) is 1.79. The lowest BCUT2D eigenvalue weighted by Gasteiger charge is -2.16. The Morgan fingerprint density at radius 2 is 2.14 bits per heavy atom. The number of para-hydroxylation sites is 1. The zero-order valence-corrected chi connectivity index (χ0v) is 12.5. The summed E-state index contributed by atoms with van der Waals surface area (Å²) in [6.07, 6.45) is 5.33. The van der Waals surface area contributed by atoms with E-state index >= 15 is 0 Å². The minimum atomic E-state index is -0.376. The number of ether oxygens (including phenoxy) is 1. The number of esters is 1. The molecule has 1 unspecified atom stereocenters. The monoisotopic (exact) mass is 282 g/mol. The highest BCUT2D eigenvalue weighted by Crippen LogP contribution is 2.23. The zero-order valence-electron chi connectivity index (χ0n) is 12.5. The molecule has 21 heavy (non-hydrogen) atoms. The number of anilines is 1. The van der Waals surface area contributed by atoms with Crippen LogP contribution in [0.2, 0.25) is 0 Å². The lowest BCUT2D eigenvalue weighted by Crippen LogP contribution is -2.17. The van der Waals surface area contributed by atoms with Crippen LogP contribution in [0, 0.1) is 12.3 Å². The summed E-state index contributed by atoms with van der Waals surface area (Å²) < 4.78 is 5.39. The van der Waals surface area contributed by atoms with E-state index in [1.54, 1.807) is 13.0 Å². The third-order valence-corrected chi connectivity index (χ3v) is 3.09. The van der Waals surface area contributed by atoms with Gasteiger partial charge in [-0.2, -0.15) is 0 Å². The molecule has 2 rings (SSSR count). The molecular formula is C17H18N2O2. The molecule has 4 nitrogen and oxygen atoms in total. The highest BCUT2D eigenvalue weighted by Gasteiger charge is 2.17. The van der Waals surface area contributed by atoms with Gasteiger partial charge in [-0.15, -0.1) is 12.3 Å². The van der Waals surface area contributed by atoms with E-state index in [2.05, 4.69) is 10.9 Å². The molecule has 2 aromatic rings. The fourth-order valence-electron chi connectivity index (χ4n) is 2.01. The first-order valence-electron chi connectivity index (χ1n) is 6.74. The molecule has 0 aliphatic carbocycles. The first kappa shape index (κ1) is 14.9. The zero-order chi connectivity index (χ0) is 15.4. The lowest BCUT2D eigenvalue weighted by atomic mass is 10.1. The standard InChI is InChI=1S/C17H18N2O2/c1-5-8-12(2)21-17(20)14-11-16(19(3)4)18-15-10-7-6-9-13(14)15/h1,6-7,9-12H,8H2,2-4H3. The Bertz CT molecular complexity index is 701. The minimum Gasteiger partial charge on any atom is -0.458 e. The van der Waals surface area contributed by atoms with Crippen LogP contribution >= 0.6 is 0 Å². The third kappa shape index (κ3) is 3.32. The van der Waals surface area contributed by atoms with Gasteiger partial charge in [0, 0.05) is 25.9 Å². The van der Waals surface area contributed by atoms with Crippen molar-refractivity contribution in [1.82, 2.24) is 4.98 Å². The molecule has 0 fully saturated rings. The molecule has 0 spiro atoms. The molecule has 0 aliphatic rings. The highest BCUT2D eigenvalue weighted by molar-refractivity contribution is 6.04. The van der Waals surface area contributed by atoms with E-state index < -0.39 is 0 Å². The Labute approximate surface area is 124 Å². The van der Waals surface area contributed by atoms with Crippen molar-refractivity contribution < 1.29 is 9.53 Å². The van der Waals surface area contributed by atoms with Crippen LogP contribution in [-0.2, 0) is 4.74 Å². The number of hydrogen-bond donors (Lipinski definition) is 0. The number of rotatable bonds is 4. The number of hydrogen-bond acceptors (Lipinski definition) is 4. The van der Waals surface area contributed by atoms with Gasteiger partial charge in [-0.1, -0.05) is 18.2 Å². The van der Waals surface area contributed by atoms with Gasteiger partial charge < -0.3 is 9.64 Å². The van der Waals surface area contributed by atoms with Crippen LogP contribution in [0.3, 0.4) is 0 Å². The largest absolute Gasteiger partial charge is 0.458 e. The van der Waals surface area contributed by atoms with Gasteiger partial charge in [-0.3, -0.25) is 0 Å². The Morgan fingerprint density at radius 1 is 1.43 bits per heavy atom. The minimum absolute atomic E-state index is 0.308. The van der Waals surface area contributed by atoms with E-state index in [1.165, 1.54) is 0 Å². The van der Waals surface area contributed by atoms with Gasteiger partial charge in [0.25, 0.3) is 0 Å². The van der Waals surface area contributed by atoms with Crippen LogP contribution in [-0.4, -0.2) is 31.2 Å². The van der Waals surface area contributed by atoms with Gasteiger partial charge in [-0.25, -0.2) is 9.78 Å². The van der Waals surface area contributed by atoms with Gasteiger partial charge in [0.1, 0.15) is 11.9 Å². The predicted octanol–water partition coefficient (Wildman–Crippen LogP) is 2.87. The maximum Gasteiger partial charge on any atom is 0.339 e. The fraction of sp³-hybridized carbons (Fsp3) is 0.294. The molecule has 0 amide bonds. The second-order valence-electron chi connectivity index (χ2n) is 5.06. The summed E-state index contributed by atoms with van der Waals surface area (Å²) in [4.78, 5) is 18.8. The maximum atomic E-state index is 12.4. The number of carbonyl (C=O) groups excluding carboxylic acids is 1. The van der Waals surface area contributed by atoms with Crippen molar-refractivity contribution in [2.75, 3.05) is 19.0 Å². The summed E-state index contributed by atoms with van der Waals surface area (Å²) in [6, 6.07) is 9.26.